The molecule has 2 aromatic rings. The summed E-state index contributed by atoms with van der Waals surface area (Å²) in [6, 6.07) is 11.3. The molecule has 1 aromatic heterocycles. The molecule has 2 N–H and O–H groups in total. The molecule has 2 heterocycles. The van der Waals surface area contributed by atoms with Crippen molar-refractivity contribution in [3.8, 4) is 0 Å². The SMILES string of the molecule is CCC1CCCCN1C(=O)c1ccnc(Nc2cccc(NC(C)=O)c2)c1. The molecule has 1 aliphatic heterocycles. The van der Waals surface area contributed by atoms with Gasteiger partial charge in [-0.1, -0.05) is 13.0 Å². The summed E-state index contributed by atoms with van der Waals surface area (Å²) in [6.07, 6.45) is 5.97. The lowest BCUT2D eigenvalue weighted by atomic mass is 9.99. The van der Waals surface area contributed by atoms with Gasteiger partial charge < -0.3 is 15.5 Å². The Morgan fingerprint density at radius 3 is 2.78 bits per heavy atom. The molecule has 0 saturated carbocycles. The van der Waals surface area contributed by atoms with Crippen LogP contribution in [0.3, 0.4) is 0 Å². The number of nitrogens with one attached hydrogen (secondary N) is 2. The Morgan fingerprint density at radius 1 is 1.19 bits per heavy atom. The maximum Gasteiger partial charge on any atom is 0.254 e. The smallest absolute Gasteiger partial charge is 0.254 e. The fourth-order valence-electron chi connectivity index (χ4n) is 3.52. The van der Waals surface area contributed by atoms with E-state index in [2.05, 4.69) is 22.5 Å². The fraction of sp³-hybridized carbons (Fsp3) is 0.381. The number of carbonyl (C=O) groups excluding carboxylic acids is 2. The summed E-state index contributed by atoms with van der Waals surface area (Å²) >= 11 is 0. The summed E-state index contributed by atoms with van der Waals surface area (Å²) in [5, 5.41) is 5.96. The highest BCUT2D eigenvalue weighted by atomic mass is 16.2. The van der Waals surface area contributed by atoms with E-state index in [-0.39, 0.29) is 11.8 Å². The molecule has 0 radical (unpaired) electrons. The molecule has 0 aliphatic carbocycles. The van der Waals surface area contributed by atoms with E-state index in [0.717, 1.165) is 31.5 Å². The molecule has 2 amide bonds. The number of amides is 2. The third kappa shape index (κ3) is 4.84. The van der Waals surface area contributed by atoms with Crippen LogP contribution in [0, 0.1) is 0 Å². The molecule has 0 spiro atoms. The predicted molar refractivity (Wildman–Crippen MR) is 107 cm³/mol. The molecule has 1 aromatic carbocycles. The van der Waals surface area contributed by atoms with Crippen molar-refractivity contribution in [2.24, 2.45) is 0 Å². The summed E-state index contributed by atoms with van der Waals surface area (Å²) in [6.45, 7) is 4.43. The fourth-order valence-corrected chi connectivity index (χ4v) is 3.52. The first-order valence-corrected chi connectivity index (χ1v) is 9.48. The van der Waals surface area contributed by atoms with Gasteiger partial charge in [-0.15, -0.1) is 0 Å². The number of hydrogen-bond acceptors (Lipinski definition) is 4. The number of likely N-dealkylation sites (tertiary alicyclic amines) is 1. The van der Waals surface area contributed by atoms with E-state index >= 15 is 0 Å². The summed E-state index contributed by atoms with van der Waals surface area (Å²) in [5.74, 6) is 0.551. The van der Waals surface area contributed by atoms with Gasteiger partial charge in [0.25, 0.3) is 5.91 Å². The van der Waals surface area contributed by atoms with Crippen LogP contribution in [0.15, 0.2) is 42.6 Å². The average molecular weight is 366 g/mol. The zero-order chi connectivity index (χ0) is 19.2. The number of nitrogens with zero attached hydrogens (tertiary/aromatic N) is 2. The molecule has 1 atom stereocenters. The van der Waals surface area contributed by atoms with Crippen molar-refractivity contribution in [2.75, 3.05) is 17.2 Å². The Balaban J connectivity index is 1.75. The average Bonchev–Trinajstić information content (AvgIpc) is 2.67. The van der Waals surface area contributed by atoms with Gasteiger partial charge in [0.05, 0.1) is 0 Å². The van der Waals surface area contributed by atoms with Crippen LogP contribution in [0.4, 0.5) is 17.2 Å². The van der Waals surface area contributed by atoms with Gasteiger partial charge in [-0.2, -0.15) is 0 Å². The highest BCUT2D eigenvalue weighted by molar-refractivity contribution is 5.95. The van der Waals surface area contributed by atoms with Crippen molar-refractivity contribution in [1.82, 2.24) is 9.88 Å². The van der Waals surface area contributed by atoms with Crippen molar-refractivity contribution in [3.05, 3.63) is 48.2 Å². The van der Waals surface area contributed by atoms with Crippen molar-refractivity contribution in [2.45, 2.75) is 45.6 Å². The summed E-state index contributed by atoms with van der Waals surface area (Å²) in [7, 11) is 0. The third-order valence-corrected chi connectivity index (χ3v) is 4.82. The molecule has 1 aliphatic rings. The molecule has 1 fully saturated rings. The molecule has 0 bridgehead atoms. The van der Waals surface area contributed by atoms with Gasteiger partial charge in [-0.05, 0) is 56.0 Å². The molecule has 27 heavy (non-hydrogen) atoms. The Morgan fingerprint density at radius 2 is 2.00 bits per heavy atom. The van der Waals surface area contributed by atoms with E-state index < -0.39 is 0 Å². The highest BCUT2D eigenvalue weighted by Gasteiger charge is 2.26. The maximum atomic E-state index is 13.0. The molecular formula is C21H26N4O2. The standard InChI is InChI=1S/C21H26N4O2/c1-3-19-9-4-5-12-25(19)21(27)16-10-11-22-20(13-16)24-18-8-6-7-17(14-18)23-15(2)26/h6-8,10-11,13-14,19H,3-5,9,12H2,1-2H3,(H,22,24)(H,23,26). The number of benzene rings is 1. The van der Waals surface area contributed by atoms with Gasteiger partial charge in [0.15, 0.2) is 0 Å². The molecule has 6 heteroatoms. The maximum absolute atomic E-state index is 13.0. The minimum Gasteiger partial charge on any atom is -0.340 e. The second-order valence-corrected chi connectivity index (χ2v) is 6.87. The molecule has 6 nitrogen and oxygen atoms in total. The zero-order valence-corrected chi connectivity index (χ0v) is 15.9. The lowest BCUT2D eigenvalue weighted by Crippen LogP contribution is -2.43. The van der Waals surface area contributed by atoms with Gasteiger partial charge in [0.1, 0.15) is 5.82 Å². The van der Waals surface area contributed by atoms with E-state index in [1.54, 1.807) is 18.3 Å². The predicted octanol–water partition coefficient (Wildman–Crippen LogP) is 4.19. The van der Waals surface area contributed by atoms with Crippen LogP contribution in [0.5, 0.6) is 0 Å². The van der Waals surface area contributed by atoms with Gasteiger partial charge in [0.2, 0.25) is 5.91 Å². The zero-order valence-electron chi connectivity index (χ0n) is 15.9. The van der Waals surface area contributed by atoms with E-state index in [1.807, 2.05) is 29.2 Å². The Bertz CT molecular complexity index is 821. The van der Waals surface area contributed by atoms with E-state index in [9.17, 15) is 9.59 Å². The van der Waals surface area contributed by atoms with Crippen LogP contribution in [0.1, 0.15) is 49.9 Å². The first-order valence-electron chi connectivity index (χ1n) is 9.48. The van der Waals surface area contributed by atoms with Crippen molar-refractivity contribution in [3.63, 3.8) is 0 Å². The van der Waals surface area contributed by atoms with Gasteiger partial charge in [-0.3, -0.25) is 9.59 Å². The van der Waals surface area contributed by atoms with E-state index in [4.69, 9.17) is 0 Å². The minimum absolute atomic E-state index is 0.0685. The number of carbonyl (C=O) groups is 2. The molecule has 142 valence electrons. The summed E-state index contributed by atoms with van der Waals surface area (Å²) in [4.78, 5) is 30.5. The van der Waals surface area contributed by atoms with Gasteiger partial charge in [-0.25, -0.2) is 4.98 Å². The van der Waals surface area contributed by atoms with Crippen molar-refractivity contribution in [1.29, 1.82) is 0 Å². The van der Waals surface area contributed by atoms with Gasteiger partial charge >= 0.3 is 0 Å². The molecule has 1 unspecified atom stereocenters. The number of piperidine rings is 1. The molecular weight excluding hydrogens is 340 g/mol. The van der Waals surface area contributed by atoms with Crippen LogP contribution in [0.25, 0.3) is 0 Å². The lowest BCUT2D eigenvalue weighted by Gasteiger charge is -2.35. The minimum atomic E-state index is -0.120. The van der Waals surface area contributed by atoms with Crippen molar-refractivity contribution >= 4 is 29.0 Å². The van der Waals surface area contributed by atoms with E-state index in [0.29, 0.717) is 23.1 Å². The Labute approximate surface area is 160 Å². The van der Waals surface area contributed by atoms with Crippen LogP contribution in [-0.4, -0.2) is 34.3 Å². The summed E-state index contributed by atoms with van der Waals surface area (Å²) < 4.78 is 0. The second-order valence-electron chi connectivity index (χ2n) is 6.87. The number of rotatable bonds is 5. The number of pyridine rings is 1. The lowest BCUT2D eigenvalue weighted by molar-refractivity contribution is -0.114. The topological polar surface area (TPSA) is 74.3 Å². The van der Waals surface area contributed by atoms with Crippen LogP contribution >= 0.6 is 0 Å². The normalized spacial score (nSPS) is 16.7. The first kappa shape index (κ1) is 18.9. The number of aromatic nitrogens is 1. The Hall–Kier alpha value is -2.89. The highest BCUT2D eigenvalue weighted by Crippen LogP contribution is 2.24. The summed E-state index contributed by atoms with van der Waals surface area (Å²) in [5.41, 5.74) is 2.15. The van der Waals surface area contributed by atoms with Crippen molar-refractivity contribution < 1.29 is 9.59 Å². The van der Waals surface area contributed by atoms with E-state index in [1.165, 1.54) is 13.3 Å². The number of anilines is 3. The molecule has 1 saturated heterocycles. The monoisotopic (exact) mass is 366 g/mol. The van der Waals surface area contributed by atoms with Crippen LogP contribution < -0.4 is 10.6 Å². The van der Waals surface area contributed by atoms with Crippen LogP contribution in [0.2, 0.25) is 0 Å². The first-order chi connectivity index (χ1) is 13.1. The molecule has 3 rings (SSSR count). The second kappa shape index (κ2) is 8.66. The largest absolute Gasteiger partial charge is 0.340 e. The van der Waals surface area contributed by atoms with Gasteiger partial charge in [0, 0.05) is 42.6 Å². The quantitative estimate of drug-likeness (QED) is 0.832. The third-order valence-electron chi connectivity index (χ3n) is 4.82. The Kier molecular flexibility index (Phi) is 6.06. The number of hydrogen-bond donors (Lipinski definition) is 2. The van der Waals surface area contributed by atoms with Crippen LogP contribution in [-0.2, 0) is 4.79 Å².